The molecule has 0 saturated carbocycles. The van der Waals surface area contributed by atoms with Gasteiger partial charge < -0.3 is 0 Å². The van der Waals surface area contributed by atoms with Crippen molar-refractivity contribution in [1.29, 1.82) is 0 Å². The molecule has 6 nitrogen and oxygen atoms in total. The van der Waals surface area contributed by atoms with Crippen LogP contribution < -0.4 is 0 Å². The van der Waals surface area contributed by atoms with Crippen LogP contribution in [0.5, 0.6) is 0 Å². The van der Waals surface area contributed by atoms with Gasteiger partial charge in [-0.15, -0.1) is 0 Å². The molecule has 100 valence electrons. The Morgan fingerprint density at radius 3 is 2.75 bits per heavy atom. The van der Waals surface area contributed by atoms with Crippen molar-refractivity contribution in [3.8, 4) is 17.2 Å². The van der Waals surface area contributed by atoms with Gasteiger partial charge in [0.25, 0.3) is 0 Å². The molecule has 0 aliphatic heterocycles. The van der Waals surface area contributed by atoms with Crippen molar-refractivity contribution >= 4 is 22.2 Å². The van der Waals surface area contributed by atoms with E-state index in [-0.39, 0.29) is 0 Å². The zero-order chi connectivity index (χ0) is 14.1. The number of rotatable bonds is 3. The second kappa shape index (κ2) is 5.01. The molecule has 0 radical (unpaired) electrons. The smallest absolute Gasteiger partial charge is 0.153 e. The minimum absolute atomic E-state index is 0.498. The lowest BCUT2D eigenvalue weighted by atomic mass is 10.2. The van der Waals surface area contributed by atoms with Crippen LogP contribution >= 0.6 is 15.9 Å². The summed E-state index contributed by atoms with van der Waals surface area (Å²) < 4.78 is 4.14. The second-order valence-electron chi connectivity index (χ2n) is 4.17. The van der Waals surface area contributed by atoms with Crippen LogP contribution in [0.4, 0.5) is 0 Å². The van der Waals surface area contributed by atoms with Gasteiger partial charge in [0.15, 0.2) is 12.1 Å². The number of aryl methyl sites for hydroxylation is 1. The average molecular weight is 332 g/mol. The van der Waals surface area contributed by atoms with E-state index in [0.717, 1.165) is 16.5 Å². The molecule has 0 atom stereocenters. The Hall–Kier alpha value is -2.28. The number of aromatic nitrogens is 5. The first-order valence-corrected chi connectivity index (χ1v) is 6.63. The van der Waals surface area contributed by atoms with Crippen molar-refractivity contribution in [3.63, 3.8) is 0 Å². The monoisotopic (exact) mass is 331 g/mol. The van der Waals surface area contributed by atoms with Crippen molar-refractivity contribution < 1.29 is 4.79 Å². The van der Waals surface area contributed by atoms with E-state index in [4.69, 9.17) is 0 Å². The molecule has 3 aromatic heterocycles. The van der Waals surface area contributed by atoms with Crippen LogP contribution in [-0.4, -0.2) is 30.8 Å². The summed E-state index contributed by atoms with van der Waals surface area (Å²) in [5, 5.41) is 8.52. The Morgan fingerprint density at radius 1 is 1.30 bits per heavy atom. The first-order chi connectivity index (χ1) is 9.69. The summed E-state index contributed by atoms with van der Waals surface area (Å²) in [5.41, 5.74) is 1.87. The molecule has 0 bridgehead atoms. The van der Waals surface area contributed by atoms with Crippen molar-refractivity contribution in [2.75, 3.05) is 0 Å². The highest BCUT2D eigenvalue weighted by Gasteiger charge is 2.14. The van der Waals surface area contributed by atoms with Crippen LogP contribution in [0.15, 0.2) is 41.3 Å². The Kier molecular flexibility index (Phi) is 3.19. The number of halogens is 1. The van der Waals surface area contributed by atoms with Crippen molar-refractivity contribution in [2.45, 2.75) is 0 Å². The number of hydrogen-bond acceptors (Lipinski definition) is 4. The fraction of sp³-hybridized carbons (Fsp3) is 0.0769. The van der Waals surface area contributed by atoms with Gasteiger partial charge in [0.1, 0.15) is 5.69 Å². The minimum Gasteiger partial charge on any atom is -0.298 e. The number of carbonyl (C=O) groups is 1. The predicted molar refractivity (Wildman–Crippen MR) is 76.6 cm³/mol. The third kappa shape index (κ3) is 2.16. The summed E-state index contributed by atoms with van der Waals surface area (Å²) in [6.45, 7) is 0. The lowest BCUT2D eigenvalue weighted by Crippen LogP contribution is -1.99. The van der Waals surface area contributed by atoms with Crippen LogP contribution in [0.25, 0.3) is 17.2 Å². The van der Waals surface area contributed by atoms with E-state index in [1.54, 1.807) is 35.0 Å². The highest BCUT2D eigenvalue weighted by molar-refractivity contribution is 9.10. The Labute approximate surface area is 123 Å². The molecule has 0 aromatic carbocycles. The van der Waals surface area contributed by atoms with Gasteiger partial charge in [-0.3, -0.25) is 9.48 Å². The largest absolute Gasteiger partial charge is 0.298 e. The van der Waals surface area contributed by atoms with Crippen molar-refractivity contribution in [3.05, 3.63) is 46.8 Å². The molecule has 0 aliphatic rings. The Balaban J connectivity index is 2.12. The van der Waals surface area contributed by atoms with E-state index in [1.807, 2.05) is 18.2 Å². The van der Waals surface area contributed by atoms with E-state index < -0.39 is 0 Å². The van der Waals surface area contributed by atoms with Gasteiger partial charge in [-0.1, -0.05) is 0 Å². The summed E-state index contributed by atoms with van der Waals surface area (Å²) in [4.78, 5) is 15.5. The molecule has 0 N–H and O–H groups in total. The van der Waals surface area contributed by atoms with Gasteiger partial charge in [-0.25, -0.2) is 9.67 Å². The van der Waals surface area contributed by atoms with Crippen LogP contribution in [0.2, 0.25) is 0 Å². The zero-order valence-electron chi connectivity index (χ0n) is 10.6. The Morgan fingerprint density at radius 2 is 2.15 bits per heavy atom. The molecule has 3 heterocycles. The predicted octanol–water partition coefficient (Wildman–Crippen LogP) is 2.24. The average Bonchev–Trinajstić information content (AvgIpc) is 3.05. The van der Waals surface area contributed by atoms with Gasteiger partial charge >= 0.3 is 0 Å². The molecule has 0 aliphatic carbocycles. The van der Waals surface area contributed by atoms with Crippen LogP contribution in [-0.2, 0) is 7.05 Å². The van der Waals surface area contributed by atoms with Gasteiger partial charge in [-0.2, -0.15) is 10.2 Å². The lowest BCUT2D eigenvalue weighted by Gasteiger charge is -2.00. The molecule has 3 rings (SSSR count). The third-order valence-corrected chi connectivity index (χ3v) is 3.35. The number of carbonyl (C=O) groups excluding carboxylic acids is 1. The third-order valence-electron chi connectivity index (χ3n) is 2.88. The quantitative estimate of drug-likeness (QED) is 0.690. The first-order valence-electron chi connectivity index (χ1n) is 5.84. The molecule has 0 fully saturated rings. The maximum atomic E-state index is 11.2. The topological polar surface area (TPSA) is 65.6 Å². The van der Waals surface area contributed by atoms with Crippen molar-refractivity contribution in [2.24, 2.45) is 7.05 Å². The summed E-state index contributed by atoms with van der Waals surface area (Å²) in [6, 6.07) is 5.50. The normalized spacial score (nSPS) is 10.7. The van der Waals surface area contributed by atoms with Gasteiger partial charge in [-0.05, 0) is 34.1 Å². The van der Waals surface area contributed by atoms with Crippen molar-refractivity contribution in [1.82, 2.24) is 24.5 Å². The van der Waals surface area contributed by atoms with Gasteiger partial charge in [0.2, 0.25) is 0 Å². The summed E-state index contributed by atoms with van der Waals surface area (Å²) in [7, 11) is 1.81. The first kappa shape index (κ1) is 12.7. The van der Waals surface area contributed by atoms with Gasteiger partial charge in [0.05, 0.1) is 11.3 Å². The number of pyridine rings is 1. The van der Waals surface area contributed by atoms with Crippen LogP contribution in [0.3, 0.4) is 0 Å². The molecular weight excluding hydrogens is 322 g/mol. The fourth-order valence-corrected chi connectivity index (χ4v) is 2.13. The lowest BCUT2D eigenvalue weighted by molar-refractivity contribution is 0.112. The van der Waals surface area contributed by atoms with E-state index in [9.17, 15) is 4.79 Å². The molecule has 0 amide bonds. The molecule has 0 unspecified atom stereocenters. The van der Waals surface area contributed by atoms with E-state index in [0.29, 0.717) is 17.1 Å². The summed E-state index contributed by atoms with van der Waals surface area (Å²) >= 11 is 3.33. The number of hydrogen-bond donors (Lipinski definition) is 0. The molecular formula is C13H10BrN5O. The standard InChI is InChI=1S/C13H10BrN5O/c1-18-11(4-5-16-18)13-9(8-20)7-19(17-13)12-3-2-10(14)6-15-12/h2-8H,1H3. The second-order valence-corrected chi connectivity index (χ2v) is 5.09. The van der Waals surface area contributed by atoms with Gasteiger partial charge in [0, 0.05) is 30.1 Å². The highest BCUT2D eigenvalue weighted by Crippen LogP contribution is 2.21. The summed E-state index contributed by atoms with van der Waals surface area (Å²) in [6.07, 6.45) is 5.79. The van der Waals surface area contributed by atoms with E-state index in [2.05, 4.69) is 31.1 Å². The molecule has 7 heteroatoms. The fourth-order valence-electron chi connectivity index (χ4n) is 1.90. The zero-order valence-corrected chi connectivity index (χ0v) is 12.1. The molecule has 3 aromatic rings. The minimum atomic E-state index is 0.498. The maximum Gasteiger partial charge on any atom is 0.153 e. The number of nitrogens with zero attached hydrogens (tertiary/aromatic N) is 5. The number of aldehydes is 1. The molecule has 0 saturated heterocycles. The summed E-state index contributed by atoms with van der Waals surface area (Å²) in [5.74, 6) is 0.643. The highest BCUT2D eigenvalue weighted by atomic mass is 79.9. The van der Waals surface area contributed by atoms with Crippen LogP contribution in [0.1, 0.15) is 10.4 Å². The van der Waals surface area contributed by atoms with E-state index >= 15 is 0 Å². The maximum absolute atomic E-state index is 11.2. The SMILES string of the molecule is Cn1nccc1-c1nn(-c2ccc(Br)cn2)cc1C=O. The Bertz CT molecular complexity index is 759. The van der Waals surface area contributed by atoms with Crippen LogP contribution in [0, 0.1) is 0 Å². The van der Waals surface area contributed by atoms with E-state index in [1.165, 1.54) is 0 Å². The molecule has 20 heavy (non-hydrogen) atoms. The molecule has 0 spiro atoms.